The number of amides is 2. The van der Waals surface area contributed by atoms with E-state index in [1.807, 2.05) is 54.9 Å². The van der Waals surface area contributed by atoms with E-state index >= 15 is 0 Å². The van der Waals surface area contributed by atoms with E-state index in [1.165, 1.54) is 6.07 Å². The number of anilines is 1. The first-order valence-corrected chi connectivity index (χ1v) is 9.98. The van der Waals surface area contributed by atoms with Crippen LogP contribution in [0.15, 0.2) is 60.7 Å². The summed E-state index contributed by atoms with van der Waals surface area (Å²) < 4.78 is 1.90. The summed E-state index contributed by atoms with van der Waals surface area (Å²) in [4.78, 5) is 29.2. The molecule has 156 valence electrons. The highest BCUT2D eigenvalue weighted by Crippen LogP contribution is 2.27. The Morgan fingerprint density at radius 2 is 1.71 bits per heavy atom. The highest BCUT2D eigenvalue weighted by molar-refractivity contribution is 6.14. The largest absolute Gasteiger partial charge is 0.364 e. The van der Waals surface area contributed by atoms with Crippen molar-refractivity contribution in [2.75, 3.05) is 5.32 Å². The highest BCUT2D eigenvalue weighted by Gasteiger charge is 2.21. The van der Waals surface area contributed by atoms with Crippen molar-refractivity contribution in [1.29, 1.82) is 0 Å². The van der Waals surface area contributed by atoms with Crippen molar-refractivity contribution in [1.82, 2.24) is 14.8 Å². The Balaban J connectivity index is 1.72. The van der Waals surface area contributed by atoms with Crippen LogP contribution in [0.2, 0.25) is 0 Å². The van der Waals surface area contributed by atoms with Crippen LogP contribution >= 0.6 is 0 Å². The average Bonchev–Trinajstić information content (AvgIpc) is 3.06. The lowest BCUT2D eigenvalue weighted by Crippen LogP contribution is -2.18. The number of fused-ring (bicyclic) bond motifs is 1. The molecule has 4 rings (SSSR count). The van der Waals surface area contributed by atoms with Crippen molar-refractivity contribution < 1.29 is 9.59 Å². The fourth-order valence-electron chi connectivity index (χ4n) is 3.76. The fourth-order valence-corrected chi connectivity index (χ4v) is 3.76. The van der Waals surface area contributed by atoms with Gasteiger partial charge in [-0.05, 0) is 38.5 Å². The minimum absolute atomic E-state index is 0.00812. The predicted molar refractivity (Wildman–Crippen MR) is 120 cm³/mol. The molecular weight excluding hydrogens is 390 g/mol. The SMILES string of the molecule is Cc1nn(C(C)c2ccccc2)c(C)c1NC(=O)c1cc(C(N)=O)nc2ccccc12. The van der Waals surface area contributed by atoms with Gasteiger partial charge in [0.15, 0.2) is 0 Å². The molecule has 2 aromatic heterocycles. The molecule has 0 radical (unpaired) electrons. The van der Waals surface area contributed by atoms with E-state index in [4.69, 9.17) is 5.73 Å². The van der Waals surface area contributed by atoms with Gasteiger partial charge >= 0.3 is 0 Å². The summed E-state index contributed by atoms with van der Waals surface area (Å²) in [5.74, 6) is -1.03. The van der Waals surface area contributed by atoms with Crippen molar-refractivity contribution in [2.45, 2.75) is 26.8 Å². The molecule has 7 nitrogen and oxygen atoms in total. The van der Waals surface area contributed by atoms with E-state index < -0.39 is 5.91 Å². The van der Waals surface area contributed by atoms with Crippen molar-refractivity contribution in [3.8, 4) is 0 Å². The smallest absolute Gasteiger partial charge is 0.267 e. The van der Waals surface area contributed by atoms with Crippen molar-refractivity contribution in [3.63, 3.8) is 0 Å². The van der Waals surface area contributed by atoms with Crippen molar-refractivity contribution in [2.24, 2.45) is 5.73 Å². The number of hydrogen-bond donors (Lipinski definition) is 2. The monoisotopic (exact) mass is 413 g/mol. The van der Waals surface area contributed by atoms with E-state index in [2.05, 4.69) is 22.3 Å². The number of carbonyl (C=O) groups excluding carboxylic acids is 2. The zero-order valence-corrected chi connectivity index (χ0v) is 17.6. The first-order valence-electron chi connectivity index (χ1n) is 9.98. The molecule has 0 aliphatic heterocycles. The Morgan fingerprint density at radius 3 is 2.42 bits per heavy atom. The number of pyridine rings is 1. The van der Waals surface area contributed by atoms with Crippen LogP contribution in [0.25, 0.3) is 10.9 Å². The Hall–Kier alpha value is -4.00. The second-order valence-electron chi connectivity index (χ2n) is 7.47. The molecule has 0 saturated heterocycles. The van der Waals surface area contributed by atoms with Crippen LogP contribution in [0.3, 0.4) is 0 Å². The molecule has 4 aromatic rings. The molecule has 0 saturated carbocycles. The minimum Gasteiger partial charge on any atom is -0.364 e. The number of rotatable bonds is 5. The van der Waals surface area contributed by atoms with E-state index in [-0.39, 0.29) is 17.6 Å². The molecular formula is C24H23N5O2. The summed E-state index contributed by atoms with van der Waals surface area (Å²) in [5, 5.41) is 8.28. The molecule has 1 unspecified atom stereocenters. The molecule has 0 aliphatic rings. The van der Waals surface area contributed by atoms with Crippen LogP contribution in [0, 0.1) is 13.8 Å². The number of nitrogens with one attached hydrogen (secondary N) is 1. The number of nitrogens with zero attached hydrogens (tertiary/aromatic N) is 3. The van der Waals surface area contributed by atoms with Crippen molar-refractivity contribution >= 4 is 28.4 Å². The lowest BCUT2D eigenvalue weighted by atomic mass is 10.1. The van der Waals surface area contributed by atoms with Gasteiger partial charge in [-0.3, -0.25) is 14.3 Å². The van der Waals surface area contributed by atoms with Crippen LogP contribution in [0.1, 0.15) is 50.8 Å². The molecule has 2 amide bonds. The second kappa shape index (κ2) is 8.02. The summed E-state index contributed by atoms with van der Waals surface area (Å²) in [6.45, 7) is 5.85. The standard InChI is InChI=1S/C24H23N5O2/c1-14-22(16(3)29(28-14)15(2)17-9-5-4-6-10-17)27-24(31)19-13-21(23(25)30)26-20-12-8-7-11-18(19)20/h4-13,15H,1-3H3,(H2,25,30)(H,27,31). The first kappa shape index (κ1) is 20.3. The maximum atomic E-state index is 13.2. The molecule has 2 heterocycles. The Kier molecular flexibility index (Phi) is 5.25. The number of primary amides is 1. The van der Waals surface area contributed by atoms with E-state index in [1.54, 1.807) is 18.2 Å². The number of nitrogens with two attached hydrogens (primary N) is 1. The number of para-hydroxylation sites is 1. The van der Waals surface area contributed by atoms with Crippen LogP contribution in [-0.4, -0.2) is 26.6 Å². The summed E-state index contributed by atoms with van der Waals surface area (Å²) in [6, 6.07) is 18.7. The number of aryl methyl sites for hydroxylation is 1. The summed E-state index contributed by atoms with van der Waals surface area (Å²) in [6.07, 6.45) is 0. The number of hydrogen-bond acceptors (Lipinski definition) is 4. The topological polar surface area (TPSA) is 103 Å². The zero-order valence-electron chi connectivity index (χ0n) is 17.6. The van der Waals surface area contributed by atoms with Gasteiger partial charge in [0.05, 0.1) is 34.2 Å². The van der Waals surface area contributed by atoms with Gasteiger partial charge in [-0.2, -0.15) is 5.10 Å². The Morgan fingerprint density at radius 1 is 1.03 bits per heavy atom. The van der Waals surface area contributed by atoms with Crippen LogP contribution in [0.5, 0.6) is 0 Å². The molecule has 1 atom stereocenters. The van der Waals surface area contributed by atoms with Gasteiger partial charge in [0, 0.05) is 5.39 Å². The van der Waals surface area contributed by atoms with Gasteiger partial charge in [-0.15, -0.1) is 0 Å². The fraction of sp³-hybridized carbons (Fsp3) is 0.167. The second-order valence-corrected chi connectivity index (χ2v) is 7.47. The lowest BCUT2D eigenvalue weighted by Gasteiger charge is -2.15. The predicted octanol–water partition coefficient (Wildman–Crippen LogP) is 4.01. The van der Waals surface area contributed by atoms with E-state index in [9.17, 15) is 9.59 Å². The van der Waals surface area contributed by atoms with Gasteiger partial charge in [0.25, 0.3) is 11.8 Å². The molecule has 3 N–H and O–H groups in total. The third-order valence-corrected chi connectivity index (χ3v) is 5.43. The number of aromatic nitrogens is 3. The third kappa shape index (κ3) is 3.77. The van der Waals surface area contributed by atoms with Gasteiger partial charge in [0.2, 0.25) is 0 Å². The zero-order chi connectivity index (χ0) is 22.1. The normalized spacial score (nSPS) is 12.0. The molecule has 7 heteroatoms. The molecule has 0 aliphatic carbocycles. The maximum absolute atomic E-state index is 13.2. The van der Waals surface area contributed by atoms with Crippen LogP contribution < -0.4 is 11.1 Å². The van der Waals surface area contributed by atoms with Gasteiger partial charge in [-0.1, -0.05) is 48.5 Å². The minimum atomic E-state index is -0.684. The molecule has 0 bridgehead atoms. The van der Waals surface area contributed by atoms with Crippen LogP contribution in [0.4, 0.5) is 5.69 Å². The van der Waals surface area contributed by atoms with Crippen LogP contribution in [-0.2, 0) is 0 Å². The van der Waals surface area contributed by atoms with Gasteiger partial charge in [0.1, 0.15) is 5.69 Å². The van der Waals surface area contributed by atoms with E-state index in [0.717, 1.165) is 11.3 Å². The lowest BCUT2D eigenvalue weighted by molar-refractivity contribution is 0.0996. The average molecular weight is 413 g/mol. The van der Waals surface area contributed by atoms with E-state index in [0.29, 0.717) is 27.8 Å². The third-order valence-electron chi connectivity index (χ3n) is 5.43. The first-order chi connectivity index (χ1) is 14.9. The highest BCUT2D eigenvalue weighted by atomic mass is 16.2. The molecule has 0 spiro atoms. The van der Waals surface area contributed by atoms with Crippen molar-refractivity contribution in [3.05, 3.63) is 88.9 Å². The summed E-state index contributed by atoms with van der Waals surface area (Å²) >= 11 is 0. The Bertz CT molecular complexity index is 1290. The van der Waals surface area contributed by atoms with Gasteiger partial charge < -0.3 is 11.1 Å². The molecule has 0 fully saturated rings. The molecule has 2 aromatic carbocycles. The van der Waals surface area contributed by atoms with Gasteiger partial charge in [-0.25, -0.2) is 4.98 Å². The quantitative estimate of drug-likeness (QED) is 0.516. The molecule has 31 heavy (non-hydrogen) atoms. The summed E-state index contributed by atoms with van der Waals surface area (Å²) in [5.41, 5.74) is 9.66. The Labute approximate surface area is 179 Å². The number of carbonyl (C=O) groups is 2. The summed E-state index contributed by atoms with van der Waals surface area (Å²) in [7, 11) is 0. The maximum Gasteiger partial charge on any atom is 0.267 e. The number of benzene rings is 2.